The molecule has 7 nitrogen and oxygen atoms in total. The minimum Gasteiger partial charge on any atom is -0.481 e. The molecule has 0 aliphatic carbocycles. The van der Waals surface area contributed by atoms with Crippen molar-refractivity contribution in [3.8, 4) is 0 Å². The summed E-state index contributed by atoms with van der Waals surface area (Å²) in [6, 6.07) is 3.10. The maximum atomic E-state index is 11.6. The molecule has 0 aliphatic rings. The summed E-state index contributed by atoms with van der Waals surface area (Å²) in [7, 11) is -3.42. The van der Waals surface area contributed by atoms with Gasteiger partial charge in [-0.15, -0.1) is 0 Å². The standard InChI is InChI=1S/C13H17NO6S/c1-21(19,20)8-11(9-4-6-14-7-5-9)10(13(17)18)2-3-12(15)16/h4-7,10-11H,2-3,8H2,1H3,(H,15,16)(H,17,18). The molecule has 2 unspecified atom stereocenters. The van der Waals surface area contributed by atoms with E-state index in [-0.39, 0.29) is 18.6 Å². The highest BCUT2D eigenvalue weighted by molar-refractivity contribution is 7.90. The normalized spacial score (nSPS) is 14.3. The van der Waals surface area contributed by atoms with E-state index in [1.54, 1.807) is 12.1 Å². The van der Waals surface area contributed by atoms with Crippen LogP contribution in [0.4, 0.5) is 0 Å². The molecule has 0 bridgehead atoms. The summed E-state index contributed by atoms with van der Waals surface area (Å²) in [5.74, 6) is -4.57. The van der Waals surface area contributed by atoms with E-state index >= 15 is 0 Å². The molecule has 0 saturated carbocycles. The lowest BCUT2D eigenvalue weighted by atomic mass is 9.85. The van der Waals surface area contributed by atoms with Crippen molar-refractivity contribution in [2.75, 3.05) is 12.0 Å². The molecule has 0 aromatic carbocycles. The Morgan fingerprint density at radius 1 is 1.24 bits per heavy atom. The molecule has 2 atom stereocenters. The van der Waals surface area contributed by atoms with Crippen molar-refractivity contribution in [3.63, 3.8) is 0 Å². The van der Waals surface area contributed by atoms with Gasteiger partial charge in [0.15, 0.2) is 0 Å². The highest BCUT2D eigenvalue weighted by Crippen LogP contribution is 2.30. The van der Waals surface area contributed by atoms with E-state index in [9.17, 15) is 23.1 Å². The topological polar surface area (TPSA) is 122 Å². The van der Waals surface area contributed by atoms with E-state index in [2.05, 4.69) is 4.98 Å². The van der Waals surface area contributed by atoms with Crippen molar-refractivity contribution >= 4 is 21.8 Å². The molecule has 0 fully saturated rings. The van der Waals surface area contributed by atoms with Gasteiger partial charge in [0.1, 0.15) is 9.84 Å². The third-order valence-corrected chi connectivity index (χ3v) is 4.05. The van der Waals surface area contributed by atoms with Gasteiger partial charge >= 0.3 is 11.9 Å². The molecule has 0 spiro atoms. The van der Waals surface area contributed by atoms with Crippen LogP contribution in [-0.2, 0) is 19.4 Å². The van der Waals surface area contributed by atoms with Crippen molar-refractivity contribution in [1.82, 2.24) is 4.98 Å². The first-order valence-corrected chi connectivity index (χ1v) is 8.29. The number of hydrogen-bond donors (Lipinski definition) is 2. The zero-order valence-electron chi connectivity index (χ0n) is 11.5. The average Bonchev–Trinajstić information content (AvgIpc) is 2.36. The van der Waals surface area contributed by atoms with Crippen molar-refractivity contribution in [2.45, 2.75) is 18.8 Å². The van der Waals surface area contributed by atoms with E-state index in [1.165, 1.54) is 12.4 Å². The molecule has 1 aromatic heterocycles. The Hall–Kier alpha value is -1.96. The first-order chi connectivity index (χ1) is 9.70. The fourth-order valence-electron chi connectivity index (χ4n) is 2.16. The van der Waals surface area contributed by atoms with Crippen molar-refractivity contribution in [3.05, 3.63) is 30.1 Å². The maximum absolute atomic E-state index is 11.6. The Balaban J connectivity index is 3.12. The monoisotopic (exact) mass is 315 g/mol. The molecular formula is C13H17NO6S. The second-order valence-corrected chi connectivity index (χ2v) is 7.04. The van der Waals surface area contributed by atoms with Gasteiger partial charge in [0.05, 0.1) is 11.7 Å². The number of aromatic nitrogens is 1. The smallest absolute Gasteiger partial charge is 0.307 e. The van der Waals surface area contributed by atoms with Crippen LogP contribution in [-0.4, -0.2) is 47.6 Å². The number of nitrogens with zero attached hydrogens (tertiary/aromatic N) is 1. The molecular weight excluding hydrogens is 298 g/mol. The molecule has 1 rings (SSSR count). The fourth-order valence-corrected chi connectivity index (χ4v) is 3.23. The molecule has 0 saturated heterocycles. The van der Waals surface area contributed by atoms with Crippen LogP contribution in [0.2, 0.25) is 0 Å². The zero-order chi connectivity index (χ0) is 16.0. The SMILES string of the molecule is CS(=O)(=O)CC(c1ccncc1)C(CCC(=O)O)C(=O)O. The van der Waals surface area contributed by atoms with Crippen LogP contribution >= 0.6 is 0 Å². The minimum atomic E-state index is -3.42. The van der Waals surface area contributed by atoms with Gasteiger partial charge in [0.25, 0.3) is 0 Å². The largest absolute Gasteiger partial charge is 0.481 e. The van der Waals surface area contributed by atoms with Gasteiger partial charge in [-0.3, -0.25) is 14.6 Å². The van der Waals surface area contributed by atoms with Gasteiger partial charge in [-0.2, -0.15) is 0 Å². The average molecular weight is 315 g/mol. The van der Waals surface area contributed by atoms with Crippen LogP contribution in [0, 0.1) is 5.92 Å². The molecule has 1 heterocycles. The van der Waals surface area contributed by atoms with E-state index in [0.717, 1.165) is 6.26 Å². The van der Waals surface area contributed by atoms with E-state index in [1.807, 2.05) is 0 Å². The molecule has 116 valence electrons. The molecule has 2 N–H and O–H groups in total. The number of aliphatic carboxylic acids is 2. The van der Waals surface area contributed by atoms with Gasteiger partial charge in [-0.1, -0.05) is 0 Å². The van der Waals surface area contributed by atoms with Crippen LogP contribution in [0.3, 0.4) is 0 Å². The third kappa shape index (κ3) is 5.90. The van der Waals surface area contributed by atoms with E-state index in [0.29, 0.717) is 5.56 Å². The Morgan fingerprint density at radius 2 is 1.81 bits per heavy atom. The molecule has 0 amide bonds. The second kappa shape index (κ2) is 7.16. The lowest BCUT2D eigenvalue weighted by Gasteiger charge is -2.23. The van der Waals surface area contributed by atoms with Crippen LogP contribution in [0.5, 0.6) is 0 Å². The Morgan fingerprint density at radius 3 is 2.24 bits per heavy atom. The van der Waals surface area contributed by atoms with Gasteiger partial charge in [0.2, 0.25) is 0 Å². The predicted molar refractivity (Wildman–Crippen MR) is 74.7 cm³/mol. The summed E-state index contributed by atoms with van der Waals surface area (Å²) in [6.45, 7) is 0. The van der Waals surface area contributed by atoms with Crippen molar-refractivity contribution < 1.29 is 28.2 Å². The second-order valence-electron chi connectivity index (χ2n) is 4.86. The summed E-state index contributed by atoms with van der Waals surface area (Å²) in [4.78, 5) is 25.9. The molecule has 8 heteroatoms. The maximum Gasteiger partial charge on any atom is 0.307 e. The van der Waals surface area contributed by atoms with Crippen LogP contribution in [0.25, 0.3) is 0 Å². The van der Waals surface area contributed by atoms with Crippen LogP contribution in [0.15, 0.2) is 24.5 Å². The lowest BCUT2D eigenvalue weighted by Crippen LogP contribution is -2.28. The quantitative estimate of drug-likeness (QED) is 0.726. The number of rotatable bonds is 8. The van der Waals surface area contributed by atoms with Crippen LogP contribution in [0.1, 0.15) is 24.3 Å². The highest BCUT2D eigenvalue weighted by Gasteiger charge is 2.32. The minimum absolute atomic E-state index is 0.132. The summed E-state index contributed by atoms with van der Waals surface area (Å²) in [5, 5.41) is 18.0. The number of pyridine rings is 1. The number of sulfone groups is 1. The van der Waals surface area contributed by atoms with Crippen molar-refractivity contribution in [2.24, 2.45) is 5.92 Å². The molecule has 0 aliphatic heterocycles. The van der Waals surface area contributed by atoms with Gasteiger partial charge in [-0.05, 0) is 24.1 Å². The molecule has 21 heavy (non-hydrogen) atoms. The number of carboxylic acid groups (broad SMARTS) is 2. The number of carboxylic acids is 2. The Kier molecular flexibility index (Phi) is 5.83. The molecule has 1 aromatic rings. The highest BCUT2D eigenvalue weighted by atomic mass is 32.2. The zero-order valence-corrected chi connectivity index (χ0v) is 12.3. The Bertz CT molecular complexity index is 598. The summed E-state index contributed by atoms with van der Waals surface area (Å²) >= 11 is 0. The first-order valence-electron chi connectivity index (χ1n) is 6.23. The summed E-state index contributed by atoms with van der Waals surface area (Å²) < 4.78 is 23.1. The Labute approximate surface area is 122 Å². The van der Waals surface area contributed by atoms with Gasteiger partial charge < -0.3 is 10.2 Å². The lowest BCUT2D eigenvalue weighted by molar-refractivity contribution is -0.143. The summed E-state index contributed by atoms with van der Waals surface area (Å²) in [5.41, 5.74) is 0.521. The molecule has 0 radical (unpaired) electrons. The first kappa shape index (κ1) is 17.1. The summed E-state index contributed by atoms with van der Waals surface area (Å²) in [6.07, 6.45) is 3.45. The number of hydrogen-bond acceptors (Lipinski definition) is 5. The predicted octanol–water partition coefficient (Wildman–Crippen LogP) is 0.775. The van der Waals surface area contributed by atoms with Gasteiger partial charge in [-0.25, -0.2) is 8.42 Å². The number of carbonyl (C=O) groups is 2. The van der Waals surface area contributed by atoms with Crippen LogP contribution < -0.4 is 0 Å². The van der Waals surface area contributed by atoms with Crippen molar-refractivity contribution in [1.29, 1.82) is 0 Å². The van der Waals surface area contributed by atoms with Gasteiger partial charge in [0, 0.05) is 31.0 Å². The van der Waals surface area contributed by atoms with E-state index in [4.69, 9.17) is 5.11 Å². The third-order valence-electron chi connectivity index (χ3n) is 3.09. The fraction of sp³-hybridized carbons (Fsp3) is 0.462. The van der Waals surface area contributed by atoms with E-state index < -0.39 is 33.6 Å².